The number of piperidine rings is 1. The summed E-state index contributed by atoms with van der Waals surface area (Å²) in [5.74, 6) is 2.12. The van der Waals surface area contributed by atoms with E-state index >= 15 is 0 Å². The van der Waals surface area contributed by atoms with Gasteiger partial charge in [0.1, 0.15) is 0 Å². The molecule has 1 aromatic carbocycles. The van der Waals surface area contributed by atoms with Gasteiger partial charge >= 0.3 is 402 Å². The Balaban J connectivity index is 1.60. The monoisotopic (exact) mass is 1160 g/mol. The maximum atomic E-state index is 8.28. The van der Waals surface area contributed by atoms with Crippen molar-refractivity contribution in [3.05, 3.63) is 62.3 Å². The molecular weight excluding hydrogens is 1060 g/mol. The average molecular weight is 1160 g/mol. The van der Waals surface area contributed by atoms with Crippen molar-refractivity contribution in [2.45, 2.75) is 238 Å². The van der Waals surface area contributed by atoms with Gasteiger partial charge in [0.25, 0.3) is 0 Å². The zero-order chi connectivity index (χ0) is 47.6. The van der Waals surface area contributed by atoms with Gasteiger partial charge in [-0.1, -0.05) is 28.7 Å². The molecule has 1 aliphatic carbocycles. The van der Waals surface area contributed by atoms with Gasteiger partial charge in [0.15, 0.2) is 0 Å². The second-order valence-corrected chi connectivity index (χ2v) is 40.6. The molecule has 9 heteroatoms. The molecule has 380 valence electrons. The minimum absolute atomic E-state index is 0.0694. The molecule has 6 rings (SSSR count). The predicted octanol–water partition coefficient (Wildman–Crippen LogP) is 16.2. The molecular formula is C58H99IN2O4SiSn. The Hall–Kier alpha value is -0.214. The van der Waals surface area contributed by atoms with Crippen molar-refractivity contribution in [3.8, 4) is 5.75 Å². The molecule has 5 fully saturated rings. The van der Waals surface area contributed by atoms with Crippen LogP contribution in [0.3, 0.4) is 0 Å². The van der Waals surface area contributed by atoms with Gasteiger partial charge in [-0.2, -0.15) is 0 Å². The molecule has 4 aliphatic heterocycles. The minimum atomic E-state index is -2.79. The Bertz CT molecular complexity index is 1630. The molecule has 4 saturated heterocycles. The molecule has 1 saturated carbocycles. The molecule has 5 bridgehead atoms. The number of nitrogens with zero attached hydrogens (tertiary/aromatic N) is 2. The van der Waals surface area contributed by atoms with E-state index in [1.54, 1.807) is 7.11 Å². The first-order valence-electron chi connectivity index (χ1n) is 28.4. The number of rotatable bonds is 27. The fourth-order valence-corrected chi connectivity index (χ4v) is 31.8. The van der Waals surface area contributed by atoms with Crippen molar-refractivity contribution in [3.63, 3.8) is 0 Å². The average Bonchev–Trinajstić information content (AvgIpc) is 3.56. The van der Waals surface area contributed by atoms with Crippen LogP contribution in [0.1, 0.15) is 176 Å². The summed E-state index contributed by atoms with van der Waals surface area (Å²) in [7, 11) is -0.362. The molecule has 0 aromatic heterocycles. The van der Waals surface area contributed by atoms with E-state index in [2.05, 4.69) is 131 Å². The van der Waals surface area contributed by atoms with Gasteiger partial charge in [-0.15, -0.1) is 0 Å². The van der Waals surface area contributed by atoms with Crippen LogP contribution < -0.4 is 4.74 Å². The zero-order valence-electron chi connectivity index (χ0n) is 44.1. The van der Waals surface area contributed by atoms with Crippen LogP contribution in [0.2, 0.25) is 31.4 Å². The summed E-state index contributed by atoms with van der Waals surface area (Å²) in [6.07, 6.45) is 35.5. The predicted molar refractivity (Wildman–Crippen MR) is 299 cm³/mol. The van der Waals surface area contributed by atoms with E-state index in [-0.39, 0.29) is 29.4 Å². The summed E-state index contributed by atoms with van der Waals surface area (Å²) >= 11 is -0.444. The molecule has 0 radical (unpaired) electrons. The number of hydrogen-bond donors (Lipinski definition) is 0. The molecule has 0 N–H and O–H groups in total. The molecule has 0 amide bonds. The van der Waals surface area contributed by atoms with Crippen LogP contribution >= 0.6 is 22.6 Å². The van der Waals surface area contributed by atoms with Crippen molar-refractivity contribution < 1.29 is 18.6 Å². The molecule has 0 spiro atoms. The third-order valence-corrected chi connectivity index (χ3v) is 37.4. The molecule has 5 aliphatic rings. The third kappa shape index (κ3) is 13.7. The standard InChI is InChI=1S/C46H72IN2O4Si.3C4H9.Sn/c1-6-41(53-54(7-2,8-3)9-4)43(51-35-37-24-26-39(50-5)27-25-37)46-40-28-32-48-31-22-18-13-11-10-12-16-20-29-45(44(46)48)33-38(40)34-49(46)42(52-36-45)23-19-15-14-17-21-30-47;3*1-3-4-2;/h1,6,14-15,21,24-27,30,38,40-44H,7-13,16-20,22-23,28-29,31-36H2,2-5H3;3*1,3-4H2,2H3;/b6-1?,15-14-,30-21-;;;;/t38-,40+,41-,42-,43+,44-,45+,46+;;;;/m0..../s1. The van der Waals surface area contributed by atoms with Crippen molar-refractivity contribution in [1.82, 2.24) is 9.80 Å². The number of ether oxygens (including phenoxy) is 3. The molecule has 4 heterocycles. The summed E-state index contributed by atoms with van der Waals surface area (Å²) in [6, 6.07) is 12.6. The normalized spacial score (nSPS) is 28.7. The van der Waals surface area contributed by atoms with E-state index in [1.807, 2.05) is 0 Å². The fraction of sp³-hybridized carbons (Fsp3) is 0.793. The number of allylic oxidation sites excluding steroid dienone is 3. The first kappa shape index (κ1) is 56.1. The quantitative estimate of drug-likeness (QED) is 0.0497. The molecule has 8 atom stereocenters. The van der Waals surface area contributed by atoms with E-state index < -0.39 is 26.7 Å². The summed E-state index contributed by atoms with van der Waals surface area (Å²) < 4.78 is 39.3. The Morgan fingerprint density at radius 3 is 2.12 bits per heavy atom. The fourth-order valence-electron chi connectivity index (χ4n) is 14.4. The summed E-state index contributed by atoms with van der Waals surface area (Å²) in [6.45, 7) is 19.6. The van der Waals surface area contributed by atoms with Crippen LogP contribution in [0.15, 0.2) is 56.7 Å². The van der Waals surface area contributed by atoms with Crippen molar-refractivity contribution in [1.29, 1.82) is 0 Å². The van der Waals surface area contributed by atoms with E-state index in [4.69, 9.17) is 18.6 Å². The topological polar surface area (TPSA) is 43.4 Å². The van der Waals surface area contributed by atoms with Gasteiger partial charge < -0.3 is 0 Å². The Morgan fingerprint density at radius 1 is 0.836 bits per heavy atom. The first-order chi connectivity index (χ1) is 32.8. The van der Waals surface area contributed by atoms with Gasteiger partial charge in [0, 0.05) is 0 Å². The van der Waals surface area contributed by atoms with Gasteiger partial charge in [-0.3, -0.25) is 0 Å². The first-order valence-corrected chi connectivity index (χ1v) is 39.9. The SMILES string of the molecule is CCC[CH2][Sn](/[CH]=C/[C@H](O[Si](CC)(CC)CC)[C@@H](OCc1ccc(OC)cc1)[C@@]12[C@@H]3CCN4CCCCCCCCCC[C@@]5(CO[C@@H](CC/C=C\C/C=C\I)N1C[C@@H]3C5)[C@H]42)([CH2]CCC)[CH2]CCC. The van der Waals surface area contributed by atoms with E-state index in [1.165, 1.54) is 141 Å². The maximum absolute atomic E-state index is 8.28. The third-order valence-electron chi connectivity index (χ3n) is 18.1. The second-order valence-electron chi connectivity index (χ2n) is 22.1. The molecule has 0 unspecified atom stereocenters. The summed E-state index contributed by atoms with van der Waals surface area (Å²) in [4.78, 5) is 6.13. The van der Waals surface area contributed by atoms with Crippen molar-refractivity contribution >= 4 is 49.3 Å². The van der Waals surface area contributed by atoms with Gasteiger partial charge in [0.2, 0.25) is 0 Å². The van der Waals surface area contributed by atoms with E-state index in [9.17, 15) is 0 Å². The van der Waals surface area contributed by atoms with Crippen LogP contribution in [0, 0.1) is 17.3 Å². The van der Waals surface area contributed by atoms with E-state index in [0.29, 0.717) is 24.5 Å². The zero-order valence-corrected chi connectivity index (χ0v) is 50.1. The Kier molecular flexibility index (Phi) is 23.7. The van der Waals surface area contributed by atoms with Gasteiger partial charge in [-0.05, 0) is 4.08 Å². The Morgan fingerprint density at radius 2 is 1.49 bits per heavy atom. The van der Waals surface area contributed by atoms with Crippen LogP contribution in [0.25, 0.3) is 0 Å². The second kappa shape index (κ2) is 28.3. The van der Waals surface area contributed by atoms with E-state index in [0.717, 1.165) is 56.3 Å². The molecule has 1 aromatic rings. The number of unbranched alkanes of at least 4 members (excludes halogenated alkanes) is 3. The van der Waals surface area contributed by atoms with Gasteiger partial charge in [-0.25, -0.2) is 0 Å². The van der Waals surface area contributed by atoms with Crippen LogP contribution in [-0.2, 0) is 20.5 Å². The van der Waals surface area contributed by atoms with Crippen LogP contribution in [0.5, 0.6) is 5.75 Å². The molecule has 67 heavy (non-hydrogen) atoms. The number of benzene rings is 1. The summed E-state index contributed by atoms with van der Waals surface area (Å²) in [5, 5.41) is 0. The van der Waals surface area contributed by atoms with Crippen LogP contribution in [-0.4, -0.2) is 99.9 Å². The summed E-state index contributed by atoms with van der Waals surface area (Å²) in [5.41, 5.74) is 1.10. The molecule has 6 nitrogen and oxygen atoms in total. The van der Waals surface area contributed by atoms with Crippen LogP contribution in [0.4, 0.5) is 0 Å². The Labute approximate surface area is 431 Å². The van der Waals surface area contributed by atoms with Crippen molar-refractivity contribution in [2.24, 2.45) is 17.3 Å². The number of methoxy groups -OCH3 is 1. The van der Waals surface area contributed by atoms with Gasteiger partial charge in [0.05, 0.1) is 0 Å². The number of halogens is 1. The van der Waals surface area contributed by atoms with Crippen molar-refractivity contribution in [2.75, 3.05) is 33.4 Å². The number of hydrogen-bond acceptors (Lipinski definition) is 6.